The Morgan fingerprint density at radius 1 is 1.40 bits per heavy atom. The van der Waals surface area contributed by atoms with Crippen LogP contribution in [0.2, 0.25) is 0 Å². The Balaban J connectivity index is 1.78. The molecule has 1 heterocycles. The first-order valence-electron chi connectivity index (χ1n) is 6.37. The fraction of sp³-hybridized carbons (Fsp3) is 0.917. The van der Waals surface area contributed by atoms with E-state index in [9.17, 15) is 0 Å². The standard InChI is InChI=1S/C12H23N3/c1-2-5-12(6-3-7-12)10-15-11-13-8-4-9-14-11/h2-10H2,1H3,(H2,13,14,15). The molecule has 1 aliphatic heterocycles. The number of nitrogens with zero attached hydrogens (tertiary/aromatic N) is 1. The SMILES string of the molecule is CCCC1(CNC2=NCCCN2)CCC1. The number of guanidine groups is 1. The zero-order valence-electron chi connectivity index (χ0n) is 9.81. The van der Waals surface area contributed by atoms with Crippen molar-refractivity contribution in [1.29, 1.82) is 0 Å². The Bertz CT molecular complexity index is 231. The molecule has 0 aromatic heterocycles. The molecule has 0 unspecified atom stereocenters. The summed E-state index contributed by atoms with van der Waals surface area (Å²) in [4.78, 5) is 4.45. The summed E-state index contributed by atoms with van der Waals surface area (Å²) in [7, 11) is 0. The first-order valence-corrected chi connectivity index (χ1v) is 6.37. The van der Waals surface area contributed by atoms with Gasteiger partial charge in [-0.1, -0.05) is 19.8 Å². The van der Waals surface area contributed by atoms with Gasteiger partial charge >= 0.3 is 0 Å². The number of rotatable bonds is 4. The Morgan fingerprint density at radius 2 is 2.27 bits per heavy atom. The van der Waals surface area contributed by atoms with Gasteiger partial charge in [0.05, 0.1) is 0 Å². The van der Waals surface area contributed by atoms with Gasteiger partial charge in [-0.25, -0.2) is 0 Å². The van der Waals surface area contributed by atoms with Gasteiger partial charge in [-0.15, -0.1) is 0 Å². The molecule has 0 bridgehead atoms. The van der Waals surface area contributed by atoms with Crippen LogP contribution < -0.4 is 10.6 Å². The van der Waals surface area contributed by atoms with Crippen molar-refractivity contribution in [2.75, 3.05) is 19.6 Å². The summed E-state index contributed by atoms with van der Waals surface area (Å²) in [5.41, 5.74) is 0.594. The van der Waals surface area contributed by atoms with Crippen LogP contribution in [0.4, 0.5) is 0 Å². The van der Waals surface area contributed by atoms with Gasteiger partial charge in [0, 0.05) is 19.6 Å². The fourth-order valence-corrected chi connectivity index (χ4v) is 2.64. The van der Waals surface area contributed by atoms with Crippen molar-refractivity contribution < 1.29 is 0 Å². The number of hydrogen-bond acceptors (Lipinski definition) is 3. The average molecular weight is 209 g/mol. The van der Waals surface area contributed by atoms with Crippen LogP contribution in [0.5, 0.6) is 0 Å². The average Bonchev–Trinajstić information content (AvgIpc) is 2.23. The van der Waals surface area contributed by atoms with Crippen molar-refractivity contribution in [1.82, 2.24) is 10.6 Å². The molecule has 2 N–H and O–H groups in total. The van der Waals surface area contributed by atoms with Crippen LogP contribution in [0.3, 0.4) is 0 Å². The Kier molecular flexibility index (Phi) is 3.49. The maximum atomic E-state index is 4.45. The molecular formula is C12H23N3. The van der Waals surface area contributed by atoms with E-state index in [2.05, 4.69) is 22.5 Å². The molecule has 86 valence electrons. The van der Waals surface area contributed by atoms with Gasteiger partial charge in [-0.3, -0.25) is 4.99 Å². The molecule has 0 aromatic rings. The normalized spacial score (nSPS) is 23.7. The van der Waals surface area contributed by atoms with E-state index in [1.807, 2.05) is 0 Å². The molecule has 0 radical (unpaired) electrons. The van der Waals surface area contributed by atoms with Gasteiger partial charge in [-0.05, 0) is 31.1 Å². The summed E-state index contributed by atoms with van der Waals surface area (Å²) in [5.74, 6) is 1.03. The van der Waals surface area contributed by atoms with Crippen LogP contribution in [-0.2, 0) is 0 Å². The van der Waals surface area contributed by atoms with Gasteiger partial charge in [0.2, 0.25) is 0 Å². The first kappa shape index (κ1) is 10.8. The summed E-state index contributed by atoms with van der Waals surface area (Å²) in [6, 6.07) is 0. The molecule has 0 atom stereocenters. The molecule has 0 saturated heterocycles. The van der Waals surface area contributed by atoms with Crippen LogP contribution in [0.25, 0.3) is 0 Å². The van der Waals surface area contributed by atoms with Crippen LogP contribution >= 0.6 is 0 Å². The molecule has 1 fully saturated rings. The zero-order chi connectivity index (χ0) is 10.6. The van der Waals surface area contributed by atoms with Crippen molar-refractivity contribution in [3.63, 3.8) is 0 Å². The minimum absolute atomic E-state index is 0.594. The molecule has 1 saturated carbocycles. The molecule has 0 spiro atoms. The van der Waals surface area contributed by atoms with Crippen molar-refractivity contribution in [3.8, 4) is 0 Å². The largest absolute Gasteiger partial charge is 0.356 e. The second-order valence-corrected chi connectivity index (χ2v) is 4.97. The van der Waals surface area contributed by atoms with Crippen LogP contribution in [0.15, 0.2) is 4.99 Å². The third kappa shape index (κ3) is 2.64. The van der Waals surface area contributed by atoms with Gasteiger partial charge in [-0.2, -0.15) is 0 Å². The monoisotopic (exact) mass is 209 g/mol. The Hall–Kier alpha value is -0.730. The minimum Gasteiger partial charge on any atom is -0.356 e. The topological polar surface area (TPSA) is 36.4 Å². The van der Waals surface area contributed by atoms with Crippen molar-refractivity contribution in [2.24, 2.45) is 10.4 Å². The first-order chi connectivity index (χ1) is 7.35. The van der Waals surface area contributed by atoms with E-state index in [0.717, 1.165) is 25.6 Å². The lowest BCUT2D eigenvalue weighted by Crippen LogP contribution is -2.47. The van der Waals surface area contributed by atoms with Crippen LogP contribution in [0, 0.1) is 5.41 Å². The molecular weight excluding hydrogens is 186 g/mol. The van der Waals surface area contributed by atoms with E-state index in [-0.39, 0.29) is 0 Å². The van der Waals surface area contributed by atoms with E-state index in [1.54, 1.807) is 0 Å². The number of nitrogens with one attached hydrogen (secondary N) is 2. The summed E-state index contributed by atoms with van der Waals surface area (Å²) in [6.07, 6.45) is 8.07. The second kappa shape index (κ2) is 4.86. The predicted octanol–water partition coefficient (Wildman–Crippen LogP) is 1.90. The second-order valence-electron chi connectivity index (χ2n) is 4.97. The zero-order valence-corrected chi connectivity index (χ0v) is 9.81. The van der Waals surface area contributed by atoms with Gasteiger partial charge in [0.25, 0.3) is 0 Å². The highest BCUT2D eigenvalue weighted by Gasteiger charge is 2.35. The van der Waals surface area contributed by atoms with E-state index in [1.165, 1.54) is 38.5 Å². The quantitative estimate of drug-likeness (QED) is 0.742. The fourth-order valence-electron chi connectivity index (χ4n) is 2.64. The maximum absolute atomic E-state index is 4.45. The number of hydrogen-bond donors (Lipinski definition) is 2. The molecule has 2 aliphatic rings. The van der Waals surface area contributed by atoms with Gasteiger partial charge in [0.15, 0.2) is 5.96 Å². The molecule has 2 rings (SSSR count). The molecule has 3 heteroatoms. The highest BCUT2D eigenvalue weighted by atomic mass is 15.2. The lowest BCUT2D eigenvalue weighted by Gasteiger charge is -2.42. The molecule has 0 aromatic carbocycles. The van der Waals surface area contributed by atoms with Crippen molar-refractivity contribution in [2.45, 2.75) is 45.4 Å². The van der Waals surface area contributed by atoms with E-state index in [4.69, 9.17) is 0 Å². The van der Waals surface area contributed by atoms with Gasteiger partial charge in [0.1, 0.15) is 0 Å². The van der Waals surface area contributed by atoms with Crippen molar-refractivity contribution in [3.05, 3.63) is 0 Å². The highest BCUT2D eigenvalue weighted by molar-refractivity contribution is 5.80. The highest BCUT2D eigenvalue weighted by Crippen LogP contribution is 2.44. The molecule has 3 nitrogen and oxygen atoms in total. The smallest absolute Gasteiger partial charge is 0.191 e. The van der Waals surface area contributed by atoms with Gasteiger partial charge < -0.3 is 10.6 Å². The Morgan fingerprint density at radius 3 is 2.80 bits per heavy atom. The lowest BCUT2D eigenvalue weighted by atomic mass is 9.66. The summed E-state index contributed by atoms with van der Waals surface area (Å²) < 4.78 is 0. The van der Waals surface area contributed by atoms with Crippen LogP contribution in [0.1, 0.15) is 45.4 Å². The molecule has 15 heavy (non-hydrogen) atoms. The summed E-state index contributed by atoms with van der Waals surface area (Å²) in [6.45, 7) is 5.46. The third-order valence-electron chi connectivity index (χ3n) is 3.72. The number of aliphatic imine (C=N–C) groups is 1. The predicted molar refractivity (Wildman–Crippen MR) is 64.1 cm³/mol. The van der Waals surface area contributed by atoms with E-state index in [0.29, 0.717) is 5.41 Å². The molecule has 1 aliphatic carbocycles. The van der Waals surface area contributed by atoms with Crippen LogP contribution in [-0.4, -0.2) is 25.6 Å². The Labute approximate surface area is 92.7 Å². The third-order valence-corrected chi connectivity index (χ3v) is 3.72. The van der Waals surface area contributed by atoms with E-state index < -0.39 is 0 Å². The lowest BCUT2D eigenvalue weighted by molar-refractivity contribution is 0.122. The summed E-state index contributed by atoms with van der Waals surface area (Å²) >= 11 is 0. The maximum Gasteiger partial charge on any atom is 0.191 e. The minimum atomic E-state index is 0.594. The molecule has 0 amide bonds. The summed E-state index contributed by atoms with van der Waals surface area (Å²) in [5, 5.41) is 6.81. The van der Waals surface area contributed by atoms with E-state index >= 15 is 0 Å². The van der Waals surface area contributed by atoms with Crippen molar-refractivity contribution >= 4 is 5.96 Å².